The van der Waals surface area contributed by atoms with Crippen molar-refractivity contribution in [2.45, 2.75) is 13.5 Å². The van der Waals surface area contributed by atoms with Gasteiger partial charge in [-0.15, -0.1) is 11.3 Å². The Balaban J connectivity index is 2.42. The number of aryl methyl sites for hydroxylation is 1. The molecule has 2 heterocycles. The molecule has 0 aromatic carbocycles. The summed E-state index contributed by atoms with van der Waals surface area (Å²) in [6.45, 7) is 2.70. The Morgan fingerprint density at radius 1 is 1.50 bits per heavy atom. The number of thiazole rings is 1. The molecule has 0 saturated heterocycles. The van der Waals surface area contributed by atoms with E-state index >= 15 is 0 Å². The van der Waals surface area contributed by atoms with E-state index in [1.165, 1.54) is 17.5 Å². The van der Waals surface area contributed by atoms with Crippen LogP contribution in [0.5, 0.6) is 0 Å². The first-order chi connectivity index (χ1) is 7.72. The summed E-state index contributed by atoms with van der Waals surface area (Å²) in [6, 6.07) is 1.65. The van der Waals surface area contributed by atoms with Crippen molar-refractivity contribution in [3.8, 4) is 10.6 Å². The SMILES string of the molecule is CNCc1sc(-c2ccncc2F)nc1C. The Hall–Kier alpha value is -1.33. The molecular formula is C11H12FN3S. The van der Waals surface area contributed by atoms with Crippen molar-refractivity contribution < 1.29 is 4.39 Å². The molecular weight excluding hydrogens is 225 g/mol. The summed E-state index contributed by atoms with van der Waals surface area (Å²) in [5.41, 5.74) is 1.47. The first kappa shape index (κ1) is 11.2. The van der Waals surface area contributed by atoms with Gasteiger partial charge in [-0.1, -0.05) is 0 Å². The number of rotatable bonds is 3. The average molecular weight is 237 g/mol. The van der Waals surface area contributed by atoms with Gasteiger partial charge in [0.1, 0.15) is 5.01 Å². The van der Waals surface area contributed by atoms with Crippen LogP contribution < -0.4 is 5.32 Å². The van der Waals surface area contributed by atoms with E-state index < -0.39 is 0 Å². The third-order valence-electron chi connectivity index (χ3n) is 2.23. The van der Waals surface area contributed by atoms with Gasteiger partial charge in [-0.05, 0) is 20.0 Å². The van der Waals surface area contributed by atoms with Crippen LogP contribution in [0.1, 0.15) is 10.6 Å². The van der Waals surface area contributed by atoms with Crippen LogP contribution in [-0.4, -0.2) is 17.0 Å². The van der Waals surface area contributed by atoms with Gasteiger partial charge in [0.2, 0.25) is 0 Å². The van der Waals surface area contributed by atoms with Crippen molar-refractivity contribution in [2.24, 2.45) is 0 Å². The number of nitrogens with zero attached hydrogens (tertiary/aromatic N) is 2. The molecule has 16 heavy (non-hydrogen) atoms. The number of pyridine rings is 1. The fourth-order valence-electron chi connectivity index (χ4n) is 1.42. The van der Waals surface area contributed by atoms with Crippen molar-refractivity contribution in [2.75, 3.05) is 7.05 Å². The molecule has 0 aliphatic rings. The van der Waals surface area contributed by atoms with Crippen LogP contribution in [0.25, 0.3) is 10.6 Å². The molecule has 2 aromatic rings. The summed E-state index contributed by atoms with van der Waals surface area (Å²) in [5.74, 6) is -0.327. The average Bonchev–Trinajstić information content (AvgIpc) is 2.61. The highest BCUT2D eigenvalue weighted by Gasteiger charge is 2.11. The quantitative estimate of drug-likeness (QED) is 0.890. The van der Waals surface area contributed by atoms with Crippen LogP contribution in [0.2, 0.25) is 0 Å². The minimum Gasteiger partial charge on any atom is -0.315 e. The largest absolute Gasteiger partial charge is 0.315 e. The molecule has 0 unspecified atom stereocenters. The standard InChI is InChI=1S/C11H12FN3S/c1-7-10(6-13-2)16-11(15-7)8-3-4-14-5-9(8)12/h3-5,13H,6H2,1-2H3. The monoisotopic (exact) mass is 237 g/mol. The second-order valence-corrected chi connectivity index (χ2v) is 4.50. The molecule has 3 nitrogen and oxygen atoms in total. The molecule has 2 aromatic heterocycles. The predicted molar refractivity (Wildman–Crippen MR) is 62.8 cm³/mol. The zero-order valence-corrected chi connectivity index (χ0v) is 9.94. The van der Waals surface area contributed by atoms with Crippen LogP contribution in [0.4, 0.5) is 4.39 Å². The molecule has 0 aliphatic carbocycles. The van der Waals surface area contributed by atoms with Gasteiger partial charge in [-0.3, -0.25) is 4.98 Å². The Morgan fingerprint density at radius 3 is 3.00 bits per heavy atom. The molecule has 0 radical (unpaired) electrons. The molecule has 0 bridgehead atoms. The van der Waals surface area contributed by atoms with Crippen LogP contribution in [0.3, 0.4) is 0 Å². The third-order valence-corrected chi connectivity index (χ3v) is 3.42. The maximum atomic E-state index is 13.5. The van der Waals surface area contributed by atoms with Gasteiger partial charge >= 0.3 is 0 Å². The van der Waals surface area contributed by atoms with E-state index in [4.69, 9.17) is 0 Å². The number of aromatic nitrogens is 2. The highest BCUT2D eigenvalue weighted by molar-refractivity contribution is 7.15. The van der Waals surface area contributed by atoms with Gasteiger partial charge in [-0.25, -0.2) is 9.37 Å². The fraction of sp³-hybridized carbons (Fsp3) is 0.273. The summed E-state index contributed by atoms with van der Waals surface area (Å²) >= 11 is 1.51. The molecule has 2 rings (SSSR count). The predicted octanol–water partition coefficient (Wildman–Crippen LogP) is 2.37. The lowest BCUT2D eigenvalue weighted by Gasteiger charge is -1.96. The number of halogens is 1. The minimum atomic E-state index is -0.327. The summed E-state index contributed by atoms with van der Waals surface area (Å²) in [7, 11) is 1.88. The first-order valence-corrected chi connectivity index (χ1v) is 5.75. The maximum Gasteiger partial charge on any atom is 0.151 e. The second kappa shape index (κ2) is 4.67. The van der Waals surface area contributed by atoms with E-state index in [0.29, 0.717) is 10.6 Å². The lowest BCUT2D eigenvalue weighted by atomic mass is 10.3. The molecule has 0 spiro atoms. The summed E-state index contributed by atoms with van der Waals surface area (Å²) in [5, 5.41) is 3.78. The van der Waals surface area contributed by atoms with Crippen LogP contribution in [0.15, 0.2) is 18.5 Å². The molecule has 0 fully saturated rings. The molecule has 0 atom stereocenters. The van der Waals surface area contributed by atoms with Crippen LogP contribution >= 0.6 is 11.3 Å². The molecule has 0 saturated carbocycles. The van der Waals surface area contributed by atoms with Crippen molar-refractivity contribution >= 4 is 11.3 Å². The summed E-state index contributed by atoms with van der Waals surface area (Å²) < 4.78 is 13.5. The number of hydrogen-bond acceptors (Lipinski definition) is 4. The molecule has 1 N–H and O–H groups in total. The second-order valence-electron chi connectivity index (χ2n) is 3.41. The van der Waals surface area contributed by atoms with Crippen molar-refractivity contribution in [1.29, 1.82) is 0 Å². The number of hydrogen-bond donors (Lipinski definition) is 1. The normalized spacial score (nSPS) is 10.7. The van der Waals surface area contributed by atoms with E-state index in [1.54, 1.807) is 12.3 Å². The van der Waals surface area contributed by atoms with Gasteiger partial charge in [0.05, 0.1) is 11.9 Å². The zero-order valence-electron chi connectivity index (χ0n) is 9.12. The van der Waals surface area contributed by atoms with Crippen molar-refractivity contribution in [3.05, 3.63) is 34.8 Å². The van der Waals surface area contributed by atoms with E-state index in [-0.39, 0.29) is 5.82 Å². The number of nitrogens with one attached hydrogen (secondary N) is 1. The fourth-order valence-corrected chi connectivity index (χ4v) is 2.52. The van der Waals surface area contributed by atoms with Gasteiger partial charge < -0.3 is 5.32 Å². The van der Waals surface area contributed by atoms with E-state index in [0.717, 1.165) is 17.1 Å². The van der Waals surface area contributed by atoms with Crippen LogP contribution in [-0.2, 0) is 6.54 Å². The van der Waals surface area contributed by atoms with Crippen LogP contribution in [0, 0.1) is 12.7 Å². The Morgan fingerprint density at radius 2 is 2.31 bits per heavy atom. The topological polar surface area (TPSA) is 37.8 Å². The van der Waals surface area contributed by atoms with E-state index in [9.17, 15) is 4.39 Å². The minimum absolute atomic E-state index is 0.327. The van der Waals surface area contributed by atoms with Gasteiger partial charge in [0.25, 0.3) is 0 Å². The summed E-state index contributed by atoms with van der Waals surface area (Å²) in [4.78, 5) is 9.23. The smallest absolute Gasteiger partial charge is 0.151 e. The zero-order chi connectivity index (χ0) is 11.5. The van der Waals surface area contributed by atoms with Crippen molar-refractivity contribution in [1.82, 2.24) is 15.3 Å². The lowest BCUT2D eigenvalue weighted by molar-refractivity contribution is 0.625. The van der Waals surface area contributed by atoms with E-state index in [1.807, 2.05) is 14.0 Å². The lowest BCUT2D eigenvalue weighted by Crippen LogP contribution is -2.04. The Kier molecular flexibility index (Phi) is 3.26. The highest BCUT2D eigenvalue weighted by Crippen LogP contribution is 2.29. The Labute approximate surface area is 97.4 Å². The first-order valence-electron chi connectivity index (χ1n) is 4.93. The molecule has 84 valence electrons. The summed E-state index contributed by atoms with van der Waals surface area (Å²) in [6.07, 6.45) is 2.79. The molecule has 0 amide bonds. The maximum absolute atomic E-state index is 13.5. The van der Waals surface area contributed by atoms with Gasteiger partial charge in [-0.2, -0.15) is 0 Å². The highest BCUT2D eigenvalue weighted by atomic mass is 32.1. The Bertz CT molecular complexity index is 496. The molecule has 0 aliphatic heterocycles. The third kappa shape index (κ3) is 2.10. The van der Waals surface area contributed by atoms with Gasteiger partial charge in [0.15, 0.2) is 5.82 Å². The van der Waals surface area contributed by atoms with Gasteiger partial charge in [0, 0.05) is 23.2 Å². The molecule has 5 heteroatoms. The van der Waals surface area contributed by atoms with Crippen molar-refractivity contribution in [3.63, 3.8) is 0 Å². The van der Waals surface area contributed by atoms with E-state index in [2.05, 4.69) is 15.3 Å².